The van der Waals surface area contributed by atoms with Crippen LogP contribution in [0.4, 0.5) is 0 Å². The highest BCUT2D eigenvalue weighted by molar-refractivity contribution is 5.91. The van der Waals surface area contributed by atoms with E-state index in [1.165, 1.54) is 0 Å². The van der Waals surface area contributed by atoms with E-state index in [2.05, 4.69) is 11.4 Å². The Balaban J connectivity index is 1.95. The number of nitrogens with zero attached hydrogens (tertiary/aromatic N) is 1. The van der Waals surface area contributed by atoms with Crippen molar-refractivity contribution in [3.8, 4) is 11.8 Å². The van der Waals surface area contributed by atoms with Crippen molar-refractivity contribution in [1.29, 1.82) is 5.26 Å². The van der Waals surface area contributed by atoms with Gasteiger partial charge in [-0.2, -0.15) is 5.26 Å². The van der Waals surface area contributed by atoms with Gasteiger partial charge in [0.25, 0.3) is 5.91 Å². The lowest BCUT2D eigenvalue weighted by atomic mass is 10.1. The molecule has 1 amide bonds. The normalized spacial score (nSPS) is 11.5. The summed E-state index contributed by atoms with van der Waals surface area (Å²) in [6.07, 6.45) is 1.23. The Kier molecular flexibility index (Phi) is 6.41. The average Bonchev–Trinajstić information content (AvgIpc) is 3.08. The van der Waals surface area contributed by atoms with E-state index in [4.69, 9.17) is 19.5 Å². The third-order valence-corrected chi connectivity index (χ3v) is 3.57. The standard InChI is InChI=1S/C18H20N2O4/c1-2-14(9-10-21)20-18(22)17-8-7-15(24-17)12-23-16-6-4-3-5-13(16)11-19/h3-8,14,21H,2,9-10,12H2,1H3,(H,20,22). The molecule has 0 aliphatic rings. The molecule has 1 atom stereocenters. The molecule has 6 heteroatoms. The van der Waals surface area contributed by atoms with Crippen molar-refractivity contribution in [2.75, 3.05) is 6.61 Å². The number of carbonyl (C=O) groups is 1. The molecule has 2 N–H and O–H groups in total. The van der Waals surface area contributed by atoms with Gasteiger partial charge in [0.15, 0.2) is 5.76 Å². The number of rotatable bonds is 8. The third-order valence-electron chi connectivity index (χ3n) is 3.57. The van der Waals surface area contributed by atoms with E-state index in [1.54, 1.807) is 36.4 Å². The highest BCUT2D eigenvalue weighted by Crippen LogP contribution is 2.19. The van der Waals surface area contributed by atoms with Crippen LogP contribution in [-0.2, 0) is 6.61 Å². The molecule has 6 nitrogen and oxygen atoms in total. The summed E-state index contributed by atoms with van der Waals surface area (Å²) in [6, 6.07) is 12.1. The molecule has 1 heterocycles. The first-order valence-electron chi connectivity index (χ1n) is 7.80. The summed E-state index contributed by atoms with van der Waals surface area (Å²) >= 11 is 0. The number of para-hydroxylation sites is 1. The number of nitriles is 1. The fraction of sp³-hybridized carbons (Fsp3) is 0.333. The number of aliphatic hydroxyl groups is 1. The van der Waals surface area contributed by atoms with Gasteiger partial charge in [-0.25, -0.2) is 0 Å². The topological polar surface area (TPSA) is 95.5 Å². The summed E-state index contributed by atoms with van der Waals surface area (Å²) in [6.45, 7) is 2.09. The summed E-state index contributed by atoms with van der Waals surface area (Å²) in [5.41, 5.74) is 0.441. The van der Waals surface area contributed by atoms with Crippen LogP contribution in [0.15, 0.2) is 40.8 Å². The van der Waals surface area contributed by atoms with Gasteiger partial charge in [-0.05, 0) is 37.1 Å². The minimum atomic E-state index is -0.320. The fourth-order valence-electron chi connectivity index (χ4n) is 2.20. The van der Waals surface area contributed by atoms with Gasteiger partial charge in [0.05, 0.1) is 5.56 Å². The Morgan fingerprint density at radius 3 is 2.88 bits per heavy atom. The highest BCUT2D eigenvalue weighted by atomic mass is 16.5. The predicted octanol–water partition coefficient (Wildman–Crippen LogP) is 2.62. The number of nitrogens with one attached hydrogen (secondary N) is 1. The fourth-order valence-corrected chi connectivity index (χ4v) is 2.20. The van der Waals surface area contributed by atoms with Gasteiger partial charge in [-0.1, -0.05) is 19.1 Å². The molecule has 1 unspecified atom stereocenters. The van der Waals surface area contributed by atoms with E-state index in [9.17, 15) is 4.79 Å². The summed E-state index contributed by atoms with van der Waals surface area (Å²) in [7, 11) is 0. The second kappa shape index (κ2) is 8.75. The van der Waals surface area contributed by atoms with Crippen LogP contribution in [0.5, 0.6) is 5.75 Å². The third kappa shape index (κ3) is 4.61. The molecule has 0 saturated heterocycles. The van der Waals surface area contributed by atoms with E-state index in [-0.39, 0.29) is 30.9 Å². The van der Waals surface area contributed by atoms with Gasteiger partial charge in [0, 0.05) is 12.6 Å². The minimum Gasteiger partial charge on any atom is -0.484 e. The first kappa shape index (κ1) is 17.6. The lowest BCUT2D eigenvalue weighted by Crippen LogP contribution is -2.34. The minimum absolute atomic E-state index is 0.0222. The molecule has 2 rings (SSSR count). The smallest absolute Gasteiger partial charge is 0.287 e. The van der Waals surface area contributed by atoms with Crippen molar-refractivity contribution in [2.45, 2.75) is 32.4 Å². The number of carbonyl (C=O) groups excluding carboxylic acids is 1. The van der Waals surface area contributed by atoms with Gasteiger partial charge in [-0.15, -0.1) is 0 Å². The molecule has 24 heavy (non-hydrogen) atoms. The molecule has 0 aliphatic heterocycles. The van der Waals surface area contributed by atoms with Crippen LogP contribution in [0.25, 0.3) is 0 Å². The molecular formula is C18H20N2O4. The van der Waals surface area contributed by atoms with Crippen molar-refractivity contribution in [3.63, 3.8) is 0 Å². The highest BCUT2D eigenvalue weighted by Gasteiger charge is 2.15. The summed E-state index contributed by atoms with van der Waals surface area (Å²) < 4.78 is 11.0. The maximum atomic E-state index is 12.1. The molecule has 0 saturated carbocycles. The number of benzene rings is 1. The van der Waals surface area contributed by atoms with Gasteiger partial charge in [0.1, 0.15) is 24.2 Å². The predicted molar refractivity (Wildman–Crippen MR) is 87.4 cm³/mol. The van der Waals surface area contributed by atoms with Crippen LogP contribution < -0.4 is 10.1 Å². The second-order valence-corrected chi connectivity index (χ2v) is 5.25. The Morgan fingerprint density at radius 2 is 2.17 bits per heavy atom. The average molecular weight is 328 g/mol. The SMILES string of the molecule is CCC(CCO)NC(=O)c1ccc(COc2ccccc2C#N)o1. The second-order valence-electron chi connectivity index (χ2n) is 5.25. The summed E-state index contributed by atoms with van der Waals surface area (Å²) in [5, 5.41) is 20.8. The van der Waals surface area contributed by atoms with Crippen molar-refractivity contribution >= 4 is 5.91 Å². The van der Waals surface area contributed by atoms with Crippen molar-refractivity contribution in [3.05, 3.63) is 53.5 Å². The summed E-state index contributed by atoms with van der Waals surface area (Å²) in [5.74, 6) is 0.831. The Labute approximate surface area is 140 Å². The first-order chi connectivity index (χ1) is 11.7. The monoisotopic (exact) mass is 328 g/mol. The van der Waals surface area contributed by atoms with Gasteiger partial charge in [0.2, 0.25) is 0 Å². The quantitative estimate of drug-likeness (QED) is 0.776. The maximum absolute atomic E-state index is 12.1. The largest absolute Gasteiger partial charge is 0.484 e. The number of furan rings is 1. The zero-order chi connectivity index (χ0) is 17.4. The van der Waals surface area contributed by atoms with E-state index >= 15 is 0 Å². The molecule has 0 spiro atoms. The van der Waals surface area contributed by atoms with Crippen LogP contribution in [0.2, 0.25) is 0 Å². The first-order valence-corrected chi connectivity index (χ1v) is 7.80. The molecule has 0 fully saturated rings. The zero-order valence-corrected chi connectivity index (χ0v) is 13.5. The molecular weight excluding hydrogens is 308 g/mol. The number of hydrogen-bond acceptors (Lipinski definition) is 5. The number of hydrogen-bond donors (Lipinski definition) is 2. The Morgan fingerprint density at radius 1 is 1.38 bits per heavy atom. The number of aliphatic hydroxyl groups excluding tert-OH is 1. The lowest BCUT2D eigenvalue weighted by Gasteiger charge is -2.14. The molecule has 0 aliphatic carbocycles. The van der Waals surface area contributed by atoms with Crippen molar-refractivity contribution in [2.24, 2.45) is 0 Å². The van der Waals surface area contributed by atoms with Crippen LogP contribution in [0, 0.1) is 11.3 Å². The Hall–Kier alpha value is -2.78. The van der Waals surface area contributed by atoms with E-state index in [1.807, 2.05) is 6.92 Å². The van der Waals surface area contributed by atoms with E-state index < -0.39 is 0 Å². The molecule has 0 radical (unpaired) electrons. The van der Waals surface area contributed by atoms with Crippen LogP contribution in [0.1, 0.15) is 41.6 Å². The van der Waals surface area contributed by atoms with Crippen LogP contribution >= 0.6 is 0 Å². The van der Waals surface area contributed by atoms with Gasteiger partial charge >= 0.3 is 0 Å². The molecule has 0 bridgehead atoms. The van der Waals surface area contributed by atoms with Crippen molar-refractivity contribution in [1.82, 2.24) is 5.32 Å². The van der Waals surface area contributed by atoms with Crippen molar-refractivity contribution < 1.29 is 19.1 Å². The number of amides is 1. The van der Waals surface area contributed by atoms with Gasteiger partial charge in [-0.3, -0.25) is 4.79 Å². The summed E-state index contributed by atoms with van der Waals surface area (Å²) in [4.78, 5) is 12.1. The van der Waals surface area contributed by atoms with Crippen LogP contribution in [-0.4, -0.2) is 23.7 Å². The molecule has 2 aromatic rings. The van der Waals surface area contributed by atoms with Gasteiger partial charge < -0.3 is 19.6 Å². The lowest BCUT2D eigenvalue weighted by molar-refractivity contribution is 0.0897. The van der Waals surface area contributed by atoms with Crippen LogP contribution in [0.3, 0.4) is 0 Å². The molecule has 126 valence electrons. The molecule has 1 aromatic heterocycles. The van der Waals surface area contributed by atoms with E-state index in [0.717, 1.165) is 6.42 Å². The number of ether oxygens (including phenoxy) is 1. The van der Waals surface area contributed by atoms with E-state index in [0.29, 0.717) is 23.5 Å². The Bertz CT molecular complexity index is 718. The zero-order valence-electron chi connectivity index (χ0n) is 13.5. The molecule has 1 aromatic carbocycles. The maximum Gasteiger partial charge on any atom is 0.287 e.